The van der Waals surface area contributed by atoms with Crippen LogP contribution in [0, 0.1) is 0 Å². The van der Waals surface area contributed by atoms with Gasteiger partial charge in [-0.25, -0.2) is 4.57 Å². The number of nitrogens with zero attached hydrogens (tertiary/aromatic N) is 2. The molecule has 0 N–H and O–H groups in total. The highest BCUT2D eigenvalue weighted by atomic mass is 15.1. The van der Waals surface area contributed by atoms with Crippen molar-refractivity contribution in [3.8, 4) is 0 Å². The van der Waals surface area contributed by atoms with E-state index in [-0.39, 0.29) is 0 Å². The maximum Gasteiger partial charge on any atom is 0.212 e. The van der Waals surface area contributed by atoms with Gasteiger partial charge < -0.3 is 4.90 Å². The number of hydrogen-bond acceptors (Lipinski definition) is 1. The quantitative estimate of drug-likeness (QED) is 0.125. The predicted molar refractivity (Wildman–Crippen MR) is 164 cm³/mol. The third-order valence-electron chi connectivity index (χ3n) is 7.71. The van der Waals surface area contributed by atoms with Crippen molar-refractivity contribution in [2.75, 3.05) is 18.5 Å². The minimum absolute atomic E-state index is 1.14. The molecular formula is C35H51N2+. The molecule has 0 spiro atoms. The van der Waals surface area contributed by atoms with E-state index in [1.54, 1.807) is 0 Å². The summed E-state index contributed by atoms with van der Waals surface area (Å²) in [5, 5.41) is 1.29. The topological polar surface area (TPSA) is 7.12 Å². The maximum absolute atomic E-state index is 2.40. The van der Waals surface area contributed by atoms with Crippen LogP contribution in [0.4, 0.5) is 5.69 Å². The molecule has 2 nitrogen and oxygen atoms in total. The summed E-state index contributed by atoms with van der Waals surface area (Å²) in [7, 11) is 4.33. The van der Waals surface area contributed by atoms with E-state index in [2.05, 4.69) is 103 Å². The molecule has 0 atom stereocenters. The molecule has 0 aliphatic rings. The molecule has 0 unspecified atom stereocenters. The van der Waals surface area contributed by atoms with Crippen LogP contribution in [-0.2, 0) is 7.05 Å². The molecule has 1 heterocycles. The van der Waals surface area contributed by atoms with Crippen LogP contribution in [0.1, 0.15) is 108 Å². The zero-order valence-electron chi connectivity index (χ0n) is 23.9. The van der Waals surface area contributed by atoms with Gasteiger partial charge in [0.1, 0.15) is 7.05 Å². The first-order valence-corrected chi connectivity index (χ1v) is 15.1. The number of fused-ring (bicyclic) bond motifs is 1. The number of pyridine rings is 1. The summed E-state index contributed by atoms with van der Waals surface area (Å²) in [6.07, 6.45) is 26.4. The van der Waals surface area contributed by atoms with Crippen LogP contribution in [0.15, 0.2) is 60.8 Å². The Bertz CT molecular complexity index is 1050. The van der Waals surface area contributed by atoms with Gasteiger partial charge >= 0.3 is 0 Å². The average Bonchev–Trinajstić information content (AvgIpc) is 2.93. The first kappa shape index (κ1) is 29.0. The van der Waals surface area contributed by atoms with E-state index >= 15 is 0 Å². The van der Waals surface area contributed by atoms with Gasteiger partial charge in [-0.3, -0.25) is 0 Å². The van der Waals surface area contributed by atoms with Gasteiger partial charge in [-0.1, -0.05) is 127 Å². The van der Waals surface area contributed by atoms with Crippen LogP contribution >= 0.6 is 0 Å². The number of rotatable bonds is 18. The van der Waals surface area contributed by atoms with Crippen molar-refractivity contribution in [3.05, 3.63) is 71.9 Å². The highest BCUT2D eigenvalue weighted by molar-refractivity contribution is 5.88. The second kappa shape index (κ2) is 17.0. The second-order valence-electron chi connectivity index (χ2n) is 10.8. The lowest BCUT2D eigenvalue weighted by atomic mass is 10.0. The third kappa shape index (κ3) is 10.3. The average molecular weight is 500 g/mol. The summed E-state index contributed by atoms with van der Waals surface area (Å²) >= 11 is 0. The first-order valence-electron chi connectivity index (χ1n) is 15.1. The highest BCUT2D eigenvalue weighted by Crippen LogP contribution is 2.20. The molecule has 0 saturated carbocycles. The fourth-order valence-corrected chi connectivity index (χ4v) is 5.23. The summed E-state index contributed by atoms with van der Waals surface area (Å²) in [6.45, 7) is 3.43. The van der Waals surface area contributed by atoms with Crippen LogP contribution in [0.3, 0.4) is 0 Å². The predicted octanol–water partition coefficient (Wildman–Crippen LogP) is 9.75. The van der Waals surface area contributed by atoms with Crippen LogP contribution < -0.4 is 9.47 Å². The molecular weight excluding hydrogens is 448 g/mol. The molecule has 2 aromatic carbocycles. The molecule has 200 valence electrons. The SMILES string of the molecule is CCCCCCCCCCCCCCCCN(C)c1ccc(/C=C/c2cc[n+](C)c3ccccc23)cc1. The molecule has 3 rings (SSSR count). The Morgan fingerprint density at radius 1 is 0.649 bits per heavy atom. The molecule has 1 aromatic heterocycles. The smallest absolute Gasteiger partial charge is 0.212 e. The minimum Gasteiger partial charge on any atom is -0.375 e. The molecule has 0 saturated heterocycles. The largest absolute Gasteiger partial charge is 0.375 e. The normalized spacial score (nSPS) is 11.5. The van der Waals surface area contributed by atoms with Gasteiger partial charge in [0.15, 0.2) is 6.20 Å². The Morgan fingerprint density at radius 3 is 1.84 bits per heavy atom. The van der Waals surface area contributed by atoms with Crippen LogP contribution in [0.2, 0.25) is 0 Å². The van der Waals surface area contributed by atoms with Crippen LogP contribution in [-0.4, -0.2) is 13.6 Å². The lowest BCUT2D eigenvalue weighted by Crippen LogP contribution is -2.28. The first-order chi connectivity index (χ1) is 18.2. The van der Waals surface area contributed by atoms with Crippen LogP contribution in [0.25, 0.3) is 23.1 Å². The zero-order chi connectivity index (χ0) is 26.1. The summed E-state index contributed by atoms with van der Waals surface area (Å²) in [4.78, 5) is 2.40. The lowest BCUT2D eigenvalue weighted by Gasteiger charge is -2.19. The summed E-state index contributed by atoms with van der Waals surface area (Å²) in [5.74, 6) is 0. The van der Waals surface area contributed by atoms with Crippen LogP contribution in [0.5, 0.6) is 0 Å². The second-order valence-corrected chi connectivity index (χ2v) is 10.8. The molecule has 0 aliphatic carbocycles. The van der Waals surface area contributed by atoms with Gasteiger partial charge in [-0.2, -0.15) is 0 Å². The van der Waals surface area contributed by atoms with Crippen molar-refractivity contribution in [3.63, 3.8) is 0 Å². The molecule has 0 aliphatic heterocycles. The van der Waals surface area contributed by atoms with Gasteiger partial charge in [-0.15, -0.1) is 0 Å². The fourth-order valence-electron chi connectivity index (χ4n) is 5.23. The van der Waals surface area contributed by atoms with E-state index < -0.39 is 0 Å². The minimum atomic E-state index is 1.14. The number of para-hydroxylation sites is 1. The summed E-state index contributed by atoms with van der Waals surface area (Å²) in [6, 6.07) is 19.8. The van der Waals surface area contributed by atoms with Crippen molar-refractivity contribution < 1.29 is 4.57 Å². The van der Waals surface area contributed by atoms with Crippen molar-refractivity contribution in [1.82, 2.24) is 0 Å². The van der Waals surface area contributed by atoms with Gasteiger partial charge in [0, 0.05) is 31.4 Å². The Morgan fingerprint density at radius 2 is 1.22 bits per heavy atom. The maximum atomic E-state index is 2.40. The summed E-state index contributed by atoms with van der Waals surface area (Å²) in [5.41, 5.74) is 5.06. The van der Waals surface area contributed by atoms with Crippen molar-refractivity contribution >= 4 is 28.7 Å². The number of anilines is 1. The molecule has 0 amide bonds. The van der Waals surface area contributed by atoms with Gasteiger partial charge in [0.2, 0.25) is 5.52 Å². The van der Waals surface area contributed by atoms with E-state index in [0.717, 1.165) is 6.54 Å². The monoisotopic (exact) mass is 499 g/mol. The molecule has 0 fully saturated rings. The fraction of sp³-hybridized carbons (Fsp3) is 0.514. The molecule has 0 bridgehead atoms. The third-order valence-corrected chi connectivity index (χ3v) is 7.71. The number of hydrogen-bond donors (Lipinski definition) is 0. The van der Waals surface area contributed by atoms with Gasteiger partial charge in [0.25, 0.3) is 0 Å². The van der Waals surface area contributed by atoms with Crippen molar-refractivity contribution in [1.29, 1.82) is 0 Å². The Labute approximate surface area is 227 Å². The number of aromatic nitrogens is 1. The standard InChI is InChI=1S/C35H51N2/c1-4-5-6-7-8-9-10-11-12-13-14-15-16-19-29-36(2)33-26-23-31(24-27-33)22-25-32-28-30-37(3)35-21-18-17-20-34(32)35/h17-18,20-28,30H,4-16,19,29H2,1-3H3/q+1. The number of unbranched alkanes of at least 4 members (excludes halogenated alkanes) is 13. The Kier molecular flexibility index (Phi) is 13.3. The molecule has 2 heteroatoms. The Hall–Kier alpha value is -2.61. The van der Waals surface area contributed by atoms with Crippen molar-refractivity contribution in [2.45, 2.75) is 96.8 Å². The number of benzene rings is 2. The van der Waals surface area contributed by atoms with E-state index in [4.69, 9.17) is 0 Å². The molecule has 37 heavy (non-hydrogen) atoms. The summed E-state index contributed by atoms with van der Waals surface area (Å²) < 4.78 is 2.18. The lowest BCUT2D eigenvalue weighted by molar-refractivity contribution is -0.644. The van der Waals surface area contributed by atoms with E-state index in [1.807, 2.05) is 0 Å². The van der Waals surface area contributed by atoms with E-state index in [0.29, 0.717) is 0 Å². The molecule has 0 radical (unpaired) electrons. The van der Waals surface area contributed by atoms with Crippen molar-refractivity contribution in [2.24, 2.45) is 7.05 Å². The van der Waals surface area contributed by atoms with E-state index in [1.165, 1.54) is 118 Å². The number of aryl methyl sites for hydroxylation is 1. The highest BCUT2D eigenvalue weighted by Gasteiger charge is 2.06. The zero-order valence-corrected chi connectivity index (χ0v) is 23.9. The van der Waals surface area contributed by atoms with Gasteiger partial charge in [0.05, 0.1) is 5.39 Å². The van der Waals surface area contributed by atoms with Gasteiger partial charge in [-0.05, 0) is 35.7 Å². The Balaban J connectivity index is 1.29. The van der Waals surface area contributed by atoms with E-state index in [9.17, 15) is 0 Å². The molecule has 3 aromatic rings.